The molecule has 2 aromatic heterocycles. The van der Waals surface area contributed by atoms with Crippen LogP contribution in [0.5, 0.6) is 11.5 Å². The molecule has 2 N–H and O–H groups in total. The number of ether oxygens (including phenoxy) is 2. The number of hydrogen-bond acceptors (Lipinski definition) is 7. The zero-order chi connectivity index (χ0) is 30.5. The number of rotatable bonds is 10. The first-order chi connectivity index (χ1) is 21.5. The summed E-state index contributed by atoms with van der Waals surface area (Å²) < 4.78 is 27.0. The van der Waals surface area contributed by atoms with Crippen molar-refractivity contribution in [1.29, 1.82) is 0 Å². The number of thiophene rings is 1. The quantitative estimate of drug-likeness (QED) is 0.164. The van der Waals surface area contributed by atoms with E-state index in [1.54, 1.807) is 19.4 Å². The van der Waals surface area contributed by atoms with E-state index in [9.17, 15) is 9.59 Å². The van der Waals surface area contributed by atoms with Crippen molar-refractivity contribution in [2.24, 2.45) is 0 Å². The van der Waals surface area contributed by atoms with Crippen LogP contribution in [0, 0.1) is 5.82 Å². The number of aromatic nitrogens is 1. The molecule has 3 heterocycles. The summed E-state index contributed by atoms with van der Waals surface area (Å²) in [5.41, 5.74) is 3.89. The molecule has 1 aliphatic rings. The first-order valence-electron chi connectivity index (χ1n) is 14.1. The van der Waals surface area contributed by atoms with Gasteiger partial charge < -0.3 is 20.1 Å². The molecule has 9 nitrogen and oxygen atoms in total. The summed E-state index contributed by atoms with van der Waals surface area (Å²) in [4.78, 5) is 33.8. The Kier molecular flexibility index (Phi) is 8.78. The summed E-state index contributed by atoms with van der Waals surface area (Å²) in [5, 5.41) is 5.95. The van der Waals surface area contributed by atoms with Crippen LogP contribution in [-0.2, 0) is 11.3 Å². The van der Waals surface area contributed by atoms with E-state index in [1.165, 1.54) is 40.0 Å². The molecule has 1 fully saturated rings. The Hall–Kier alpha value is -4.84. The van der Waals surface area contributed by atoms with Gasteiger partial charge in [0.25, 0.3) is 0 Å². The molecule has 11 heteroatoms. The fourth-order valence-electron chi connectivity index (χ4n) is 4.87. The maximum Gasteiger partial charge on any atom is 0.332 e. The van der Waals surface area contributed by atoms with Crippen molar-refractivity contribution in [2.75, 3.05) is 43.6 Å². The molecule has 4 amide bonds. The molecule has 0 bridgehead atoms. The van der Waals surface area contributed by atoms with Gasteiger partial charge in [0, 0.05) is 61.3 Å². The Morgan fingerprint density at radius 1 is 1.00 bits per heavy atom. The highest BCUT2D eigenvalue weighted by Gasteiger charge is 2.34. The number of halogens is 1. The standard InChI is InChI=1S/C33H30FN5O4S/c1-42-18-15-35-21-22-7-9-23(10-8-22)30-20-27-31(44-30)29(13-14-36-27)43-28-12-11-24(19-26(28)34)37-32(40)39-17-16-38(33(39)41)25-5-3-2-4-6-25/h2-14,19-20,35H,15-18,21H2,1H3,(H,37,40). The van der Waals surface area contributed by atoms with Gasteiger partial charge in [0.05, 0.1) is 23.4 Å². The molecule has 224 valence electrons. The summed E-state index contributed by atoms with van der Waals surface area (Å²) in [6.45, 7) is 2.81. The molecule has 5 aromatic rings. The van der Waals surface area contributed by atoms with Gasteiger partial charge in [-0.25, -0.2) is 18.9 Å². The molecule has 6 rings (SSSR count). The number of carbonyl (C=O) groups is 2. The van der Waals surface area contributed by atoms with Crippen molar-refractivity contribution in [3.8, 4) is 21.9 Å². The van der Waals surface area contributed by atoms with Crippen LogP contribution in [0.4, 0.5) is 25.4 Å². The molecule has 0 radical (unpaired) electrons. The van der Waals surface area contributed by atoms with E-state index in [2.05, 4.69) is 39.9 Å². The molecule has 0 saturated carbocycles. The molecule has 0 aliphatic carbocycles. The number of methoxy groups -OCH3 is 1. The number of urea groups is 2. The van der Waals surface area contributed by atoms with Crippen LogP contribution < -0.4 is 20.3 Å². The number of carbonyl (C=O) groups excluding carboxylic acids is 2. The molecule has 0 atom stereocenters. The lowest BCUT2D eigenvalue weighted by atomic mass is 10.1. The Labute approximate surface area is 257 Å². The topological polar surface area (TPSA) is 96.0 Å². The van der Waals surface area contributed by atoms with Crippen molar-refractivity contribution in [1.82, 2.24) is 15.2 Å². The fraction of sp³-hybridized carbons (Fsp3) is 0.182. The average Bonchev–Trinajstić information content (AvgIpc) is 3.66. The van der Waals surface area contributed by atoms with Gasteiger partial charge in [0.1, 0.15) is 5.75 Å². The number of pyridine rings is 1. The number of anilines is 2. The molecule has 44 heavy (non-hydrogen) atoms. The second-order valence-electron chi connectivity index (χ2n) is 10.1. The second kappa shape index (κ2) is 13.2. The lowest BCUT2D eigenvalue weighted by Gasteiger charge is -2.18. The van der Waals surface area contributed by atoms with Crippen LogP contribution in [0.1, 0.15) is 5.56 Å². The van der Waals surface area contributed by atoms with Gasteiger partial charge in [0.15, 0.2) is 11.6 Å². The van der Waals surface area contributed by atoms with Gasteiger partial charge in [-0.1, -0.05) is 42.5 Å². The summed E-state index contributed by atoms with van der Waals surface area (Å²) >= 11 is 1.52. The average molecular weight is 612 g/mol. The lowest BCUT2D eigenvalue weighted by Crippen LogP contribution is -2.39. The number of nitrogens with one attached hydrogen (secondary N) is 2. The Morgan fingerprint density at radius 3 is 2.59 bits per heavy atom. The molecule has 1 saturated heterocycles. The van der Waals surface area contributed by atoms with E-state index in [1.807, 2.05) is 36.4 Å². The second-order valence-corrected chi connectivity index (χ2v) is 11.2. The minimum atomic E-state index is -0.655. The van der Waals surface area contributed by atoms with Crippen LogP contribution in [0.2, 0.25) is 0 Å². The molecular weight excluding hydrogens is 581 g/mol. The number of nitrogens with zero attached hydrogens (tertiary/aromatic N) is 3. The molecule has 1 aliphatic heterocycles. The third kappa shape index (κ3) is 6.40. The van der Waals surface area contributed by atoms with Crippen molar-refractivity contribution >= 4 is 45.0 Å². The van der Waals surface area contributed by atoms with Gasteiger partial charge >= 0.3 is 12.1 Å². The predicted molar refractivity (Wildman–Crippen MR) is 170 cm³/mol. The van der Waals surface area contributed by atoms with Crippen molar-refractivity contribution in [3.63, 3.8) is 0 Å². The highest BCUT2D eigenvalue weighted by molar-refractivity contribution is 7.22. The van der Waals surface area contributed by atoms with Crippen LogP contribution in [0.25, 0.3) is 20.7 Å². The van der Waals surface area contributed by atoms with Gasteiger partial charge in [-0.2, -0.15) is 0 Å². The summed E-state index contributed by atoms with van der Waals surface area (Å²) in [6, 6.07) is 24.2. The minimum absolute atomic E-state index is 0.00303. The predicted octanol–water partition coefficient (Wildman–Crippen LogP) is 7.10. The Balaban J connectivity index is 1.12. The molecule has 3 aromatic carbocycles. The third-order valence-electron chi connectivity index (χ3n) is 7.15. The maximum absolute atomic E-state index is 15.2. The normalized spacial score (nSPS) is 13.1. The van der Waals surface area contributed by atoms with Gasteiger partial charge in [0.2, 0.25) is 0 Å². The number of fused-ring (bicyclic) bond motifs is 1. The SMILES string of the molecule is COCCNCc1ccc(-c2cc3nccc(Oc4ccc(NC(=O)N5CCN(c6ccccc6)C5=O)cc4F)c3s2)cc1. The van der Waals surface area contributed by atoms with Gasteiger partial charge in [-0.3, -0.25) is 9.88 Å². The van der Waals surface area contributed by atoms with E-state index in [0.29, 0.717) is 24.6 Å². The molecular formula is C33H30FN5O4S. The first-order valence-corrected chi connectivity index (χ1v) is 14.9. The zero-order valence-corrected chi connectivity index (χ0v) is 24.8. The highest BCUT2D eigenvalue weighted by Crippen LogP contribution is 2.40. The lowest BCUT2D eigenvalue weighted by molar-refractivity contribution is 0.199. The van der Waals surface area contributed by atoms with E-state index >= 15 is 4.39 Å². The van der Waals surface area contributed by atoms with E-state index in [0.717, 1.165) is 38.6 Å². The van der Waals surface area contributed by atoms with Gasteiger partial charge in [-0.15, -0.1) is 11.3 Å². The number of amides is 4. The number of para-hydroxylation sites is 1. The number of imide groups is 1. The van der Waals surface area contributed by atoms with Crippen LogP contribution in [0.15, 0.2) is 91.1 Å². The third-order valence-corrected chi connectivity index (χ3v) is 8.34. The van der Waals surface area contributed by atoms with Crippen LogP contribution in [-0.4, -0.2) is 55.3 Å². The molecule has 0 spiro atoms. The van der Waals surface area contributed by atoms with E-state index in [4.69, 9.17) is 9.47 Å². The number of hydrogen-bond donors (Lipinski definition) is 2. The number of benzene rings is 3. The summed E-state index contributed by atoms with van der Waals surface area (Å²) in [7, 11) is 1.68. The van der Waals surface area contributed by atoms with E-state index < -0.39 is 17.9 Å². The minimum Gasteiger partial charge on any atom is -0.453 e. The summed E-state index contributed by atoms with van der Waals surface area (Å²) in [6.07, 6.45) is 1.63. The Bertz CT molecular complexity index is 1780. The monoisotopic (exact) mass is 611 g/mol. The zero-order valence-electron chi connectivity index (χ0n) is 24.0. The largest absolute Gasteiger partial charge is 0.453 e. The van der Waals surface area contributed by atoms with E-state index in [-0.39, 0.29) is 18.0 Å². The van der Waals surface area contributed by atoms with Gasteiger partial charge in [-0.05, 0) is 41.5 Å². The smallest absolute Gasteiger partial charge is 0.332 e. The highest BCUT2D eigenvalue weighted by atomic mass is 32.1. The Morgan fingerprint density at radius 2 is 1.82 bits per heavy atom. The van der Waals surface area contributed by atoms with Crippen LogP contribution in [0.3, 0.4) is 0 Å². The fourth-order valence-corrected chi connectivity index (χ4v) is 5.95. The van der Waals surface area contributed by atoms with Crippen LogP contribution >= 0.6 is 11.3 Å². The van der Waals surface area contributed by atoms with Crippen molar-refractivity contribution in [2.45, 2.75) is 6.54 Å². The summed E-state index contributed by atoms with van der Waals surface area (Å²) in [5.74, 6) is -0.175. The van der Waals surface area contributed by atoms with Crippen molar-refractivity contribution in [3.05, 3.63) is 103 Å². The first kappa shape index (κ1) is 29.2. The maximum atomic E-state index is 15.2. The van der Waals surface area contributed by atoms with Crippen molar-refractivity contribution < 1.29 is 23.5 Å². The molecule has 0 unspecified atom stereocenters.